The van der Waals surface area contributed by atoms with Crippen LogP contribution in [0.2, 0.25) is 0 Å². The second-order valence-electron chi connectivity index (χ2n) is 10.6. The first-order valence-corrected chi connectivity index (χ1v) is 13.1. The van der Waals surface area contributed by atoms with Crippen LogP contribution in [0.15, 0.2) is 48.5 Å². The molecule has 3 fully saturated rings. The minimum Gasteiger partial charge on any atom is -0.490 e. The Labute approximate surface area is 218 Å². The predicted molar refractivity (Wildman–Crippen MR) is 132 cm³/mol. The van der Waals surface area contributed by atoms with Crippen LogP contribution in [0.5, 0.6) is 11.5 Å². The third-order valence-electron chi connectivity index (χ3n) is 8.02. The van der Waals surface area contributed by atoms with E-state index in [-0.39, 0.29) is 23.4 Å². The van der Waals surface area contributed by atoms with E-state index < -0.39 is 6.36 Å². The monoisotopic (exact) mass is 528 g/mol. The van der Waals surface area contributed by atoms with Gasteiger partial charge in [0.05, 0.1) is 11.6 Å². The maximum atomic E-state index is 12.9. The summed E-state index contributed by atoms with van der Waals surface area (Å²) in [6.07, 6.45) is 0.875. The summed E-state index contributed by atoms with van der Waals surface area (Å²) in [6.45, 7) is 0.362. The first-order valence-electron chi connectivity index (χ1n) is 13.1. The van der Waals surface area contributed by atoms with Crippen molar-refractivity contribution < 1.29 is 22.6 Å². The number of aryl methyl sites for hydroxylation is 1. The molecule has 3 aliphatic rings. The van der Waals surface area contributed by atoms with Gasteiger partial charge in [0.1, 0.15) is 11.5 Å². The maximum absolute atomic E-state index is 12.9. The molecule has 2 aliphatic heterocycles. The van der Waals surface area contributed by atoms with Crippen LogP contribution in [0, 0.1) is 5.92 Å². The Morgan fingerprint density at radius 2 is 1.92 bits per heavy atom. The topological polar surface area (TPSA) is 86.1 Å². The lowest BCUT2D eigenvalue weighted by Crippen LogP contribution is -2.58. The molecule has 0 unspecified atom stereocenters. The van der Waals surface area contributed by atoms with Crippen LogP contribution in [0.1, 0.15) is 49.1 Å². The zero-order chi connectivity index (χ0) is 26.3. The number of ether oxygens (including phenoxy) is 2. The summed E-state index contributed by atoms with van der Waals surface area (Å²) in [5.41, 5.74) is 1.53. The van der Waals surface area contributed by atoms with E-state index in [9.17, 15) is 13.2 Å². The van der Waals surface area contributed by atoms with Crippen molar-refractivity contribution in [3.63, 3.8) is 0 Å². The van der Waals surface area contributed by atoms with Gasteiger partial charge < -0.3 is 20.1 Å². The molecule has 3 aromatic rings. The molecule has 1 aliphatic carbocycles. The first-order chi connectivity index (χ1) is 18.3. The first kappa shape index (κ1) is 25.1. The van der Waals surface area contributed by atoms with E-state index in [1.165, 1.54) is 17.7 Å². The minimum atomic E-state index is -4.75. The second-order valence-corrected chi connectivity index (χ2v) is 10.6. The van der Waals surface area contributed by atoms with Crippen LogP contribution in [0.3, 0.4) is 0 Å². The van der Waals surface area contributed by atoms with E-state index in [4.69, 9.17) is 4.74 Å². The van der Waals surface area contributed by atoms with Crippen molar-refractivity contribution >= 4 is 0 Å². The maximum Gasteiger partial charge on any atom is 0.573 e. The number of fused-ring (bicyclic) bond motifs is 2. The van der Waals surface area contributed by atoms with Crippen LogP contribution in [0.4, 0.5) is 13.2 Å². The standard InChI is InChI=1S/C27H31F3N6O2/c1-36-25(33-34-35-36)14-17-15-26(19-5-3-2-4-6-19)24(12-10-22(17)32-26)31-16-18-13-21(38-27(28,29)30)9-11-23(18)37-20-7-8-20/h2-6,9,11,13,17,20,22,24,31-32H,7-8,10,12,14-16H2,1H3/t17-,22-,24+,26+/m0/s1. The number of rotatable bonds is 9. The highest BCUT2D eigenvalue weighted by molar-refractivity contribution is 5.41. The van der Waals surface area contributed by atoms with Crippen molar-refractivity contribution in [1.29, 1.82) is 0 Å². The van der Waals surface area contributed by atoms with Gasteiger partial charge in [-0.2, -0.15) is 0 Å². The number of alkyl halides is 3. The Hall–Kier alpha value is -3.18. The van der Waals surface area contributed by atoms with E-state index in [2.05, 4.69) is 43.0 Å². The average Bonchev–Trinajstić information content (AvgIpc) is 3.55. The van der Waals surface area contributed by atoms with E-state index in [0.717, 1.165) is 44.3 Å². The van der Waals surface area contributed by atoms with E-state index in [0.29, 0.717) is 29.8 Å². The fourth-order valence-corrected chi connectivity index (χ4v) is 6.10. The van der Waals surface area contributed by atoms with Gasteiger partial charge in [0, 0.05) is 37.7 Å². The number of nitrogens with zero attached hydrogens (tertiary/aromatic N) is 4. The number of piperidine rings is 1. The van der Waals surface area contributed by atoms with Gasteiger partial charge in [-0.3, -0.25) is 0 Å². The average molecular weight is 529 g/mol. The molecule has 3 heterocycles. The number of tetrazole rings is 1. The Morgan fingerprint density at radius 3 is 2.63 bits per heavy atom. The second kappa shape index (κ2) is 9.85. The smallest absolute Gasteiger partial charge is 0.490 e. The Balaban J connectivity index is 1.26. The molecule has 2 bridgehead atoms. The van der Waals surface area contributed by atoms with Crippen molar-refractivity contribution in [2.24, 2.45) is 13.0 Å². The van der Waals surface area contributed by atoms with Crippen molar-refractivity contribution in [1.82, 2.24) is 30.8 Å². The summed E-state index contributed by atoms with van der Waals surface area (Å²) >= 11 is 0. The van der Waals surface area contributed by atoms with E-state index >= 15 is 0 Å². The van der Waals surface area contributed by atoms with Crippen LogP contribution >= 0.6 is 0 Å². The zero-order valence-corrected chi connectivity index (χ0v) is 21.1. The molecule has 2 saturated heterocycles. The fourth-order valence-electron chi connectivity index (χ4n) is 6.10. The van der Waals surface area contributed by atoms with Gasteiger partial charge in [0.25, 0.3) is 0 Å². The van der Waals surface area contributed by atoms with Crippen LogP contribution in [-0.2, 0) is 25.6 Å². The van der Waals surface area contributed by atoms with E-state index in [1.54, 1.807) is 10.7 Å². The summed E-state index contributed by atoms with van der Waals surface area (Å²) in [6, 6.07) is 15.1. The van der Waals surface area contributed by atoms with Crippen molar-refractivity contribution in [3.8, 4) is 11.5 Å². The molecule has 38 heavy (non-hydrogen) atoms. The highest BCUT2D eigenvalue weighted by Gasteiger charge is 2.53. The van der Waals surface area contributed by atoms with Crippen molar-refractivity contribution in [3.05, 3.63) is 65.5 Å². The van der Waals surface area contributed by atoms with Crippen LogP contribution in [-0.4, -0.2) is 44.8 Å². The fraction of sp³-hybridized carbons (Fsp3) is 0.519. The highest BCUT2D eigenvalue weighted by atomic mass is 19.4. The molecule has 1 saturated carbocycles. The van der Waals surface area contributed by atoms with Crippen LogP contribution in [0.25, 0.3) is 0 Å². The third-order valence-corrected chi connectivity index (χ3v) is 8.02. The van der Waals surface area contributed by atoms with Crippen molar-refractivity contribution in [2.75, 3.05) is 0 Å². The van der Waals surface area contributed by atoms with Gasteiger partial charge in [-0.1, -0.05) is 30.3 Å². The molecule has 2 aromatic carbocycles. The molecule has 0 radical (unpaired) electrons. The van der Waals surface area contributed by atoms with Gasteiger partial charge in [0.15, 0.2) is 5.82 Å². The number of hydrogen-bond donors (Lipinski definition) is 2. The Kier molecular flexibility index (Phi) is 6.51. The molecule has 0 amide bonds. The van der Waals surface area contributed by atoms with Gasteiger partial charge in [-0.25, -0.2) is 4.68 Å². The lowest BCUT2D eigenvalue weighted by Gasteiger charge is -2.43. The SMILES string of the molecule is Cn1nnnc1C[C@H]1C[C@]2(c3ccccc3)N[C@H]1CC[C@H]2NCc1cc(OC(F)(F)F)ccc1OC1CC1. The van der Waals surface area contributed by atoms with Crippen LogP contribution < -0.4 is 20.1 Å². The summed E-state index contributed by atoms with van der Waals surface area (Å²) in [7, 11) is 1.86. The van der Waals surface area contributed by atoms with Gasteiger partial charge >= 0.3 is 6.36 Å². The summed E-state index contributed by atoms with van der Waals surface area (Å²) < 4.78 is 50.7. The van der Waals surface area contributed by atoms with Gasteiger partial charge in [-0.15, -0.1) is 18.3 Å². The number of benzene rings is 2. The Bertz CT molecular complexity index is 1270. The molecule has 202 valence electrons. The highest BCUT2D eigenvalue weighted by Crippen LogP contribution is 2.47. The van der Waals surface area contributed by atoms with Crippen molar-refractivity contribution in [2.45, 2.75) is 75.2 Å². The lowest BCUT2D eigenvalue weighted by atomic mass is 9.78. The minimum absolute atomic E-state index is 0.0599. The molecule has 0 spiro atoms. The summed E-state index contributed by atoms with van der Waals surface area (Å²) in [4.78, 5) is 0. The number of nitrogens with one attached hydrogen (secondary N) is 2. The number of halogens is 3. The quantitative estimate of drug-likeness (QED) is 0.434. The molecule has 11 heteroatoms. The number of hydrogen-bond acceptors (Lipinski definition) is 7. The third kappa shape index (κ3) is 5.22. The number of aromatic nitrogens is 4. The molecule has 1 aromatic heterocycles. The lowest BCUT2D eigenvalue weighted by molar-refractivity contribution is -0.274. The predicted octanol–water partition coefficient (Wildman–Crippen LogP) is 4.02. The molecular weight excluding hydrogens is 497 g/mol. The zero-order valence-electron chi connectivity index (χ0n) is 21.1. The Morgan fingerprint density at radius 1 is 1.11 bits per heavy atom. The summed E-state index contributed by atoms with van der Waals surface area (Å²) in [5.74, 6) is 1.57. The molecule has 2 N–H and O–H groups in total. The normalized spacial score (nSPS) is 26.9. The van der Waals surface area contributed by atoms with Gasteiger partial charge in [-0.05, 0) is 72.2 Å². The van der Waals surface area contributed by atoms with E-state index in [1.807, 2.05) is 25.2 Å². The molecule has 6 rings (SSSR count). The largest absolute Gasteiger partial charge is 0.573 e. The molecule has 8 nitrogen and oxygen atoms in total. The molecular formula is C27H31F3N6O2. The summed E-state index contributed by atoms with van der Waals surface area (Å²) in [5, 5.41) is 19.6. The van der Waals surface area contributed by atoms with Gasteiger partial charge in [0.2, 0.25) is 0 Å². The molecule has 4 atom stereocenters.